The van der Waals surface area contributed by atoms with Crippen molar-refractivity contribution in [1.29, 1.82) is 0 Å². The number of rotatable bonds is 4. The third kappa shape index (κ3) is 3.61. The first-order valence-corrected chi connectivity index (χ1v) is 6.84. The molecule has 4 nitrogen and oxygen atoms in total. The molecule has 21 heavy (non-hydrogen) atoms. The number of nitrogens with two attached hydrogens (primary N) is 1. The highest BCUT2D eigenvalue weighted by Crippen LogP contribution is 2.18. The first kappa shape index (κ1) is 15.1. The van der Waals surface area contributed by atoms with Crippen LogP contribution in [0.3, 0.4) is 0 Å². The summed E-state index contributed by atoms with van der Waals surface area (Å²) in [6, 6.07) is 12.7. The Balaban J connectivity index is 2.15. The minimum absolute atomic E-state index is 0.0642. The summed E-state index contributed by atoms with van der Waals surface area (Å²) >= 11 is 0. The fourth-order valence-corrected chi connectivity index (χ4v) is 2.29. The maximum atomic E-state index is 12.5. The third-order valence-corrected chi connectivity index (χ3v) is 3.43. The van der Waals surface area contributed by atoms with Crippen LogP contribution in [-0.4, -0.2) is 23.0 Å². The lowest BCUT2D eigenvalue weighted by Gasteiger charge is -2.19. The number of phenols is 1. The molecular weight excluding hydrogens is 264 g/mol. The van der Waals surface area contributed by atoms with E-state index >= 15 is 0 Å². The van der Waals surface area contributed by atoms with Gasteiger partial charge in [-0.25, -0.2) is 0 Å². The number of carbonyl (C=O) groups excluding carboxylic acids is 1. The average molecular weight is 284 g/mol. The van der Waals surface area contributed by atoms with Gasteiger partial charge in [0.1, 0.15) is 5.75 Å². The van der Waals surface area contributed by atoms with E-state index in [1.54, 1.807) is 24.1 Å². The largest absolute Gasteiger partial charge is 0.508 e. The van der Waals surface area contributed by atoms with E-state index in [9.17, 15) is 9.90 Å². The summed E-state index contributed by atoms with van der Waals surface area (Å²) in [6.45, 7) is 2.82. The number of aromatic hydroxyl groups is 1. The molecule has 0 atom stereocenters. The summed E-state index contributed by atoms with van der Waals surface area (Å²) in [5.74, 6) is 0.105. The van der Waals surface area contributed by atoms with Crippen molar-refractivity contribution >= 4 is 5.91 Å². The van der Waals surface area contributed by atoms with Crippen molar-refractivity contribution < 1.29 is 9.90 Å². The molecule has 0 aliphatic carbocycles. The maximum Gasteiger partial charge on any atom is 0.254 e. The molecule has 4 heteroatoms. The highest BCUT2D eigenvalue weighted by atomic mass is 16.3. The molecule has 0 saturated carbocycles. The predicted molar refractivity (Wildman–Crippen MR) is 83.0 cm³/mol. The highest BCUT2D eigenvalue weighted by Gasteiger charge is 2.14. The quantitative estimate of drug-likeness (QED) is 0.906. The lowest BCUT2D eigenvalue weighted by Crippen LogP contribution is -2.26. The molecule has 2 aromatic rings. The van der Waals surface area contributed by atoms with Crippen LogP contribution in [0.1, 0.15) is 27.0 Å². The summed E-state index contributed by atoms with van der Waals surface area (Å²) < 4.78 is 0. The molecule has 0 fully saturated rings. The molecule has 3 N–H and O–H groups in total. The van der Waals surface area contributed by atoms with E-state index in [0.29, 0.717) is 18.7 Å². The van der Waals surface area contributed by atoms with Crippen molar-refractivity contribution in [2.45, 2.75) is 20.0 Å². The number of aryl methyl sites for hydroxylation is 1. The molecule has 0 unspecified atom stereocenters. The first-order valence-electron chi connectivity index (χ1n) is 6.84. The lowest BCUT2D eigenvalue weighted by molar-refractivity contribution is 0.0784. The van der Waals surface area contributed by atoms with E-state index in [1.165, 1.54) is 6.07 Å². The van der Waals surface area contributed by atoms with Gasteiger partial charge in [0, 0.05) is 25.7 Å². The van der Waals surface area contributed by atoms with Crippen LogP contribution in [-0.2, 0) is 13.1 Å². The number of phenolic OH excluding ortho intramolecular Hbond substituents is 1. The molecular formula is C17H20N2O2. The Morgan fingerprint density at radius 3 is 2.57 bits per heavy atom. The summed E-state index contributed by atoms with van der Waals surface area (Å²) in [7, 11) is 1.77. The van der Waals surface area contributed by atoms with Gasteiger partial charge in [0.05, 0.1) is 0 Å². The summed E-state index contributed by atoms with van der Waals surface area (Å²) in [6.07, 6.45) is 0. The Hall–Kier alpha value is -2.33. The van der Waals surface area contributed by atoms with Crippen molar-refractivity contribution in [3.8, 4) is 5.75 Å². The molecule has 1 amide bonds. The van der Waals surface area contributed by atoms with Crippen molar-refractivity contribution in [2.75, 3.05) is 7.05 Å². The zero-order valence-corrected chi connectivity index (χ0v) is 12.3. The summed E-state index contributed by atoms with van der Waals surface area (Å²) in [5.41, 5.74) is 9.10. The fraction of sp³-hybridized carbons (Fsp3) is 0.235. The number of hydrogen-bond acceptors (Lipinski definition) is 3. The molecule has 2 rings (SSSR count). The molecule has 0 aliphatic heterocycles. The van der Waals surface area contributed by atoms with Crippen molar-refractivity contribution in [3.05, 3.63) is 64.7 Å². The van der Waals surface area contributed by atoms with Crippen LogP contribution in [0.4, 0.5) is 0 Å². The third-order valence-electron chi connectivity index (χ3n) is 3.43. The molecule has 0 aliphatic rings. The molecule has 0 aromatic heterocycles. The van der Waals surface area contributed by atoms with E-state index in [0.717, 1.165) is 16.7 Å². The molecule has 0 radical (unpaired) electrons. The zero-order valence-electron chi connectivity index (χ0n) is 12.3. The van der Waals surface area contributed by atoms with Gasteiger partial charge < -0.3 is 15.7 Å². The number of carbonyl (C=O) groups is 1. The molecule has 0 bridgehead atoms. The van der Waals surface area contributed by atoms with E-state index in [1.807, 2.05) is 31.2 Å². The minimum Gasteiger partial charge on any atom is -0.508 e. The van der Waals surface area contributed by atoms with Crippen molar-refractivity contribution in [1.82, 2.24) is 4.90 Å². The van der Waals surface area contributed by atoms with E-state index in [4.69, 9.17) is 5.73 Å². The topological polar surface area (TPSA) is 66.6 Å². The second-order valence-corrected chi connectivity index (χ2v) is 5.18. The number of hydrogen-bond donors (Lipinski definition) is 2. The van der Waals surface area contributed by atoms with Crippen LogP contribution in [0.15, 0.2) is 42.5 Å². The minimum atomic E-state index is -0.0642. The van der Waals surface area contributed by atoms with Gasteiger partial charge in [-0.2, -0.15) is 0 Å². The molecule has 0 saturated heterocycles. The Bertz CT molecular complexity index is 653. The smallest absolute Gasteiger partial charge is 0.254 e. The van der Waals surface area contributed by atoms with Crippen molar-refractivity contribution in [3.63, 3.8) is 0 Å². The Morgan fingerprint density at radius 2 is 1.90 bits per heavy atom. The summed E-state index contributed by atoms with van der Waals surface area (Å²) in [5, 5.41) is 9.41. The van der Waals surface area contributed by atoms with Crippen LogP contribution in [0.2, 0.25) is 0 Å². The monoisotopic (exact) mass is 284 g/mol. The van der Waals surface area contributed by atoms with Gasteiger partial charge in [-0.1, -0.05) is 24.3 Å². The average Bonchev–Trinajstić information content (AvgIpc) is 2.46. The Labute approximate surface area is 124 Å². The van der Waals surface area contributed by atoms with Gasteiger partial charge in [0.25, 0.3) is 5.91 Å². The molecule has 0 heterocycles. The van der Waals surface area contributed by atoms with Gasteiger partial charge in [-0.15, -0.1) is 0 Å². The van der Waals surface area contributed by atoms with Crippen LogP contribution < -0.4 is 5.73 Å². The molecule has 2 aromatic carbocycles. The van der Waals surface area contributed by atoms with Crippen LogP contribution >= 0.6 is 0 Å². The van der Waals surface area contributed by atoms with Gasteiger partial charge in [0.2, 0.25) is 0 Å². The highest BCUT2D eigenvalue weighted by molar-refractivity contribution is 5.95. The van der Waals surface area contributed by atoms with Gasteiger partial charge in [0.15, 0.2) is 0 Å². The normalized spacial score (nSPS) is 10.4. The van der Waals surface area contributed by atoms with Gasteiger partial charge >= 0.3 is 0 Å². The number of amides is 1. The van der Waals surface area contributed by atoms with E-state index < -0.39 is 0 Å². The van der Waals surface area contributed by atoms with E-state index in [2.05, 4.69) is 0 Å². The Kier molecular flexibility index (Phi) is 4.60. The second-order valence-electron chi connectivity index (χ2n) is 5.18. The predicted octanol–water partition coefficient (Wildman–Crippen LogP) is 2.43. The van der Waals surface area contributed by atoms with E-state index in [-0.39, 0.29) is 11.7 Å². The molecule has 0 spiro atoms. The summed E-state index contributed by atoms with van der Waals surface area (Å²) in [4.78, 5) is 14.1. The lowest BCUT2D eigenvalue weighted by atomic mass is 10.1. The standard InChI is InChI=1S/C17H20N2O2/c1-12-8-15(20)6-7-16(12)17(21)19(2)11-14-5-3-4-13(9-14)10-18/h3-9,20H,10-11,18H2,1-2H3. The van der Waals surface area contributed by atoms with Crippen molar-refractivity contribution in [2.24, 2.45) is 5.73 Å². The van der Waals surface area contributed by atoms with Gasteiger partial charge in [-0.3, -0.25) is 4.79 Å². The number of benzene rings is 2. The fourth-order valence-electron chi connectivity index (χ4n) is 2.29. The SMILES string of the molecule is Cc1cc(O)ccc1C(=O)N(C)Cc1cccc(CN)c1. The van der Waals surface area contributed by atoms with Crippen LogP contribution in [0.5, 0.6) is 5.75 Å². The number of nitrogens with zero attached hydrogens (tertiary/aromatic N) is 1. The second kappa shape index (κ2) is 6.41. The van der Waals surface area contributed by atoms with Crippen LogP contribution in [0.25, 0.3) is 0 Å². The maximum absolute atomic E-state index is 12.5. The van der Waals surface area contributed by atoms with Gasteiger partial charge in [-0.05, 0) is 41.8 Å². The Morgan fingerprint density at radius 1 is 1.19 bits per heavy atom. The molecule has 110 valence electrons. The zero-order chi connectivity index (χ0) is 15.4. The van der Waals surface area contributed by atoms with Crippen LogP contribution in [0, 0.1) is 6.92 Å². The first-order chi connectivity index (χ1) is 10.0.